The predicted molar refractivity (Wildman–Crippen MR) is 107 cm³/mol. The number of hydrogen-bond donors (Lipinski definition) is 1. The summed E-state index contributed by atoms with van der Waals surface area (Å²) in [6, 6.07) is 15.8. The molecule has 0 spiro atoms. The molecule has 0 bridgehead atoms. The van der Waals surface area contributed by atoms with Crippen LogP contribution in [0.5, 0.6) is 0 Å². The summed E-state index contributed by atoms with van der Waals surface area (Å²) in [5, 5.41) is 1.01. The minimum absolute atomic E-state index is 0.211. The molecule has 0 atom stereocenters. The minimum atomic E-state index is -1.40. The molecule has 5 nitrogen and oxygen atoms in total. The minimum Gasteiger partial charge on any atom is -0.465 e. The summed E-state index contributed by atoms with van der Waals surface area (Å²) in [6.45, 7) is 3.92. The number of esters is 2. The lowest BCUT2D eigenvalue weighted by atomic mass is 9.77. The molecule has 5 heteroatoms. The fraction of sp³-hybridized carbons (Fsp3) is 0.304. The highest BCUT2D eigenvalue weighted by Crippen LogP contribution is 2.44. The van der Waals surface area contributed by atoms with Gasteiger partial charge in [0.25, 0.3) is 0 Å². The Hall–Kier alpha value is -3.08. The molecular weight excluding hydrogens is 354 g/mol. The monoisotopic (exact) mass is 377 g/mol. The second kappa shape index (κ2) is 7.15. The number of H-pyrrole nitrogens is 1. The fourth-order valence-electron chi connectivity index (χ4n) is 4.13. The number of aromatic nitrogens is 1. The lowest BCUT2D eigenvalue weighted by molar-refractivity contribution is -0.172. The number of aromatic amines is 1. The average Bonchev–Trinajstić information content (AvgIpc) is 2.98. The van der Waals surface area contributed by atoms with E-state index in [1.807, 2.05) is 48.5 Å². The Morgan fingerprint density at radius 2 is 1.57 bits per heavy atom. The van der Waals surface area contributed by atoms with E-state index < -0.39 is 17.4 Å². The molecule has 1 aliphatic carbocycles. The number of para-hydroxylation sites is 1. The van der Waals surface area contributed by atoms with Crippen LogP contribution in [-0.4, -0.2) is 30.1 Å². The van der Waals surface area contributed by atoms with E-state index in [0.717, 1.165) is 33.3 Å². The Balaban J connectivity index is 2.00. The number of benzene rings is 2. The summed E-state index contributed by atoms with van der Waals surface area (Å²) >= 11 is 0. The molecule has 4 rings (SSSR count). The molecule has 0 fully saturated rings. The number of carbonyl (C=O) groups excluding carboxylic acids is 2. The SMILES string of the molecule is CCOC(=O)C1(C(=O)OCC)Cc2ccccc2-c2[nH]c3ccccc3c2C1. The van der Waals surface area contributed by atoms with Crippen LogP contribution in [0.15, 0.2) is 48.5 Å². The van der Waals surface area contributed by atoms with Crippen LogP contribution in [0.2, 0.25) is 0 Å². The van der Waals surface area contributed by atoms with Crippen LogP contribution in [0.25, 0.3) is 22.2 Å². The van der Waals surface area contributed by atoms with Crippen LogP contribution in [0.1, 0.15) is 25.0 Å². The van der Waals surface area contributed by atoms with Crippen molar-refractivity contribution in [3.8, 4) is 11.3 Å². The highest BCUT2D eigenvalue weighted by molar-refractivity contribution is 6.03. The van der Waals surface area contributed by atoms with E-state index >= 15 is 0 Å². The number of nitrogens with one attached hydrogen (secondary N) is 1. The lowest BCUT2D eigenvalue weighted by Crippen LogP contribution is -2.45. The zero-order valence-electron chi connectivity index (χ0n) is 16.1. The average molecular weight is 377 g/mol. The van der Waals surface area contributed by atoms with E-state index in [0.29, 0.717) is 0 Å². The van der Waals surface area contributed by atoms with Gasteiger partial charge in [0.15, 0.2) is 5.41 Å². The molecule has 2 aromatic carbocycles. The molecule has 144 valence electrons. The van der Waals surface area contributed by atoms with Gasteiger partial charge in [0, 0.05) is 29.3 Å². The van der Waals surface area contributed by atoms with Gasteiger partial charge in [-0.25, -0.2) is 0 Å². The van der Waals surface area contributed by atoms with E-state index in [4.69, 9.17) is 9.47 Å². The van der Waals surface area contributed by atoms with Gasteiger partial charge in [0.1, 0.15) is 0 Å². The van der Waals surface area contributed by atoms with Crippen molar-refractivity contribution in [1.29, 1.82) is 0 Å². The normalized spacial score (nSPS) is 14.6. The number of fused-ring (bicyclic) bond motifs is 5. The van der Waals surface area contributed by atoms with Gasteiger partial charge < -0.3 is 14.5 Å². The molecule has 0 saturated carbocycles. The highest BCUT2D eigenvalue weighted by Gasteiger charge is 2.51. The van der Waals surface area contributed by atoms with Crippen LogP contribution in [0, 0.1) is 5.41 Å². The quantitative estimate of drug-likeness (QED) is 0.550. The predicted octanol–water partition coefficient (Wildman–Crippen LogP) is 4.05. The summed E-state index contributed by atoms with van der Waals surface area (Å²) in [4.78, 5) is 29.8. The van der Waals surface area contributed by atoms with E-state index in [1.165, 1.54) is 0 Å². The maximum absolute atomic E-state index is 13.1. The summed E-state index contributed by atoms with van der Waals surface area (Å²) < 4.78 is 10.8. The van der Waals surface area contributed by atoms with Gasteiger partial charge >= 0.3 is 11.9 Å². The number of ether oxygens (including phenoxy) is 2. The third kappa shape index (κ3) is 2.78. The topological polar surface area (TPSA) is 68.4 Å². The Bertz CT molecular complexity index is 1030. The zero-order valence-corrected chi connectivity index (χ0v) is 16.1. The van der Waals surface area contributed by atoms with Gasteiger partial charge in [-0.2, -0.15) is 0 Å². The van der Waals surface area contributed by atoms with E-state index in [-0.39, 0.29) is 26.1 Å². The Kier molecular flexibility index (Phi) is 4.67. The molecule has 1 heterocycles. The Labute approximate surface area is 163 Å². The maximum Gasteiger partial charge on any atom is 0.324 e. The van der Waals surface area contributed by atoms with Crippen LogP contribution in [0.3, 0.4) is 0 Å². The second-order valence-corrected chi connectivity index (χ2v) is 7.06. The molecule has 0 unspecified atom stereocenters. The van der Waals surface area contributed by atoms with Crippen molar-refractivity contribution in [3.05, 3.63) is 59.7 Å². The van der Waals surface area contributed by atoms with Crippen molar-refractivity contribution in [2.45, 2.75) is 26.7 Å². The van der Waals surface area contributed by atoms with Gasteiger partial charge in [0.2, 0.25) is 0 Å². The van der Waals surface area contributed by atoms with Crippen molar-refractivity contribution < 1.29 is 19.1 Å². The van der Waals surface area contributed by atoms with E-state index in [1.54, 1.807) is 13.8 Å². The van der Waals surface area contributed by atoms with Crippen LogP contribution in [-0.2, 0) is 31.9 Å². The first-order valence-corrected chi connectivity index (χ1v) is 9.63. The van der Waals surface area contributed by atoms with Crippen molar-refractivity contribution in [2.75, 3.05) is 13.2 Å². The molecule has 0 aliphatic heterocycles. The number of carbonyl (C=O) groups is 2. The first-order chi connectivity index (χ1) is 13.6. The summed E-state index contributed by atoms with van der Waals surface area (Å²) in [5.41, 5.74) is 3.40. The fourth-order valence-corrected chi connectivity index (χ4v) is 4.13. The molecule has 1 N–H and O–H groups in total. The van der Waals surface area contributed by atoms with Crippen molar-refractivity contribution >= 4 is 22.8 Å². The van der Waals surface area contributed by atoms with Gasteiger partial charge in [-0.15, -0.1) is 0 Å². The molecule has 1 aromatic heterocycles. The second-order valence-electron chi connectivity index (χ2n) is 7.06. The summed E-state index contributed by atoms with van der Waals surface area (Å²) in [5.74, 6) is -1.05. The van der Waals surface area contributed by atoms with E-state index in [2.05, 4.69) is 4.98 Å². The smallest absolute Gasteiger partial charge is 0.324 e. The third-order valence-corrected chi connectivity index (χ3v) is 5.40. The van der Waals surface area contributed by atoms with Gasteiger partial charge in [-0.05, 0) is 31.0 Å². The summed E-state index contributed by atoms with van der Waals surface area (Å²) in [6.07, 6.45) is 0.483. The van der Waals surface area contributed by atoms with Crippen LogP contribution < -0.4 is 0 Å². The van der Waals surface area contributed by atoms with Gasteiger partial charge in [-0.1, -0.05) is 42.5 Å². The number of hydrogen-bond acceptors (Lipinski definition) is 4. The molecule has 28 heavy (non-hydrogen) atoms. The van der Waals surface area contributed by atoms with Crippen molar-refractivity contribution in [2.24, 2.45) is 5.41 Å². The molecule has 1 aliphatic rings. The molecule has 0 saturated heterocycles. The Morgan fingerprint density at radius 1 is 0.929 bits per heavy atom. The maximum atomic E-state index is 13.1. The molecular formula is C23H23NO4. The summed E-state index contributed by atoms with van der Waals surface area (Å²) in [7, 11) is 0. The molecule has 3 aromatic rings. The molecule has 0 amide bonds. The van der Waals surface area contributed by atoms with Crippen LogP contribution in [0.4, 0.5) is 0 Å². The van der Waals surface area contributed by atoms with Crippen LogP contribution >= 0.6 is 0 Å². The van der Waals surface area contributed by atoms with Crippen molar-refractivity contribution in [3.63, 3.8) is 0 Å². The number of rotatable bonds is 4. The Morgan fingerprint density at radius 3 is 2.29 bits per heavy atom. The lowest BCUT2D eigenvalue weighted by Gasteiger charge is -2.28. The van der Waals surface area contributed by atoms with Crippen molar-refractivity contribution in [1.82, 2.24) is 4.98 Å². The van der Waals surface area contributed by atoms with Gasteiger partial charge in [0.05, 0.1) is 18.9 Å². The van der Waals surface area contributed by atoms with Gasteiger partial charge in [-0.3, -0.25) is 9.59 Å². The van der Waals surface area contributed by atoms with E-state index in [9.17, 15) is 9.59 Å². The standard InChI is InChI=1S/C23H23NO4/c1-3-27-21(25)23(22(26)28-4-2)13-15-9-5-6-10-16(15)20-18(14-23)17-11-7-8-12-19(17)24-20/h5-12,24H,3-4,13-14H2,1-2H3. The zero-order chi connectivity index (χ0) is 19.7. The highest BCUT2D eigenvalue weighted by atomic mass is 16.6. The third-order valence-electron chi connectivity index (χ3n) is 5.40. The first kappa shape index (κ1) is 18.3. The first-order valence-electron chi connectivity index (χ1n) is 9.63. The largest absolute Gasteiger partial charge is 0.465 e. The molecule has 0 radical (unpaired) electrons.